The van der Waals surface area contributed by atoms with Gasteiger partial charge in [-0.2, -0.15) is 5.10 Å². The Bertz CT molecular complexity index is 1170. The van der Waals surface area contributed by atoms with Gasteiger partial charge in [-0.25, -0.2) is 10.4 Å². The summed E-state index contributed by atoms with van der Waals surface area (Å²) in [5, 5.41) is 14.2. The van der Waals surface area contributed by atoms with Crippen LogP contribution in [0.1, 0.15) is 15.9 Å². The number of benzene rings is 2. The molecule has 6 nitrogen and oxygen atoms in total. The SMILES string of the molecule is O=C(N/N=C\c1cccc(O)c1)c1cc(-c2ccncc2)nc2ccccc12. The number of nitrogens with one attached hydrogen (secondary N) is 1. The van der Waals surface area contributed by atoms with Gasteiger partial charge in [0, 0.05) is 23.3 Å². The Kier molecular flexibility index (Phi) is 4.76. The molecule has 6 heteroatoms. The molecular weight excluding hydrogens is 352 g/mol. The minimum atomic E-state index is -0.342. The molecule has 0 saturated heterocycles. The lowest BCUT2D eigenvalue weighted by Gasteiger charge is -2.08. The largest absolute Gasteiger partial charge is 0.508 e. The number of fused-ring (bicyclic) bond motifs is 1. The van der Waals surface area contributed by atoms with Crippen LogP contribution in [0.15, 0.2) is 84.2 Å². The van der Waals surface area contributed by atoms with Gasteiger partial charge in [-0.1, -0.05) is 30.3 Å². The highest BCUT2D eigenvalue weighted by molar-refractivity contribution is 6.07. The average molecular weight is 368 g/mol. The number of hydrogen-bond donors (Lipinski definition) is 2. The van der Waals surface area contributed by atoms with Crippen molar-refractivity contribution in [2.75, 3.05) is 0 Å². The van der Waals surface area contributed by atoms with Crippen LogP contribution in [0.5, 0.6) is 5.75 Å². The fraction of sp³-hybridized carbons (Fsp3) is 0. The van der Waals surface area contributed by atoms with Crippen LogP contribution in [-0.4, -0.2) is 27.2 Å². The summed E-state index contributed by atoms with van der Waals surface area (Å²) in [6.45, 7) is 0. The predicted molar refractivity (Wildman–Crippen MR) is 108 cm³/mol. The van der Waals surface area contributed by atoms with Gasteiger partial charge in [0.1, 0.15) is 5.75 Å². The number of hydrazone groups is 1. The first kappa shape index (κ1) is 17.4. The number of hydrogen-bond acceptors (Lipinski definition) is 5. The molecule has 2 heterocycles. The number of phenols is 1. The second-order valence-corrected chi connectivity index (χ2v) is 6.10. The van der Waals surface area contributed by atoms with Gasteiger partial charge in [0.25, 0.3) is 5.91 Å². The van der Waals surface area contributed by atoms with E-state index in [0.717, 1.165) is 16.5 Å². The van der Waals surface area contributed by atoms with Gasteiger partial charge in [0.2, 0.25) is 0 Å². The van der Waals surface area contributed by atoms with E-state index in [1.807, 2.05) is 36.4 Å². The molecule has 2 aromatic heterocycles. The summed E-state index contributed by atoms with van der Waals surface area (Å²) in [7, 11) is 0. The van der Waals surface area contributed by atoms with Crippen LogP contribution in [0.4, 0.5) is 0 Å². The highest BCUT2D eigenvalue weighted by atomic mass is 16.3. The fourth-order valence-electron chi connectivity index (χ4n) is 2.86. The molecular formula is C22H16N4O2. The summed E-state index contributed by atoms with van der Waals surface area (Å²) < 4.78 is 0. The molecule has 0 atom stereocenters. The number of amides is 1. The molecule has 2 aromatic carbocycles. The molecule has 4 aromatic rings. The first-order valence-corrected chi connectivity index (χ1v) is 8.63. The number of carbonyl (C=O) groups excluding carboxylic acids is 1. The number of carbonyl (C=O) groups is 1. The second kappa shape index (κ2) is 7.67. The first-order chi connectivity index (χ1) is 13.7. The van der Waals surface area contributed by atoms with E-state index in [9.17, 15) is 9.90 Å². The van der Waals surface area contributed by atoms with Gasteiger partial charge in [-0.15, -0.1) is 0 Å². The molecule has 1 amide bonds. The molecule has 0 spiro atoms. The lowest BCUT2D eigenvalue weighted by molar-refractivity contribution is 0.0956. The monoisotopic (exact) mass is 368 g/mol. The van der Waals surface area contributed by atoms with Crippen LogP contribution in [0, 0.1) is 0 Å². The van der Waals surface area contributed by atoms with Gasteiger partial charge in [-0.3, -0.25) is 9.78 Å². The van der Waals surface area contributed by atoms with Crippen molar-refractivity contribution in [1.82, 2.24) is 15.4 Å². The Labute approximate surface area is 161 Å². The van der Waals surface area contributed by atoms with Crippen LogP contribution in [0.25, 0.3) is 22.2 Å². The molecule has 0 fully saturated rings. The van der Waals surface area contributed by atoms with E-state index in [1.165, 1.54) is 6.21 Å². The Balaban J connectivity index is 1.67. The highest BCUT2D eigenvalue weighted by Gasteiger charge is 2.13. The lowest BCUT2D eigenvalue weighted by atomic mass is 10.0. The van der Waals surface area contributed by atoms with Gasteiger partial charge in [0.15, 0.2) is 0 Å². The van der Waals surface area contributed by atoms with Crippen molar-refractivity contribution in [2.45, 2.75) is 0 Å². The Morgan fingerprint density at radius 1 is 1.00 bits per heavy atom. The van der Waals surface area contributed by atoms with Crippen molar-refractivity contribution >= 4 is 23.0 Å². The zero-order valence-electron chi connectivity index (χ0n) is 14.8. The number of aromatic hydroxyl groups is 1. The van der Waals surface area contributed by atoms with E-state index >= 15 is 0 Å². The molecule has 2 N–H and O–H groups in total. The average Bonchev–Trinajstić information content (AvgIpc) is 2.73. The Morgan fingerprint density at radius 2 is 1.82 bits per heavy atom. The van der Waals surface area contributed by atoms with E-state index in [-0.39, 0.29) is 11.7 Å². The summed E-state index contributed by atoms with van der Waals surface area (Å²) in [6.07, 6.45) is 4.85. The van der Waals surface area contributed by atoms with Crippen LogP contribution >= 0.6 is 0 Å². The second-order valence-electron chi connectivity index (χ2n) is 6.10. The third-order valence-electron chi connectivity index (χ3n) is 4.19. The van der Waals surface area contributed by atoms with Gasteiger partial charge in [-0.05, 0) is 42.0 Å². The molecule has 0 saturated carbocycles. The van der Waals surface area contributed by atoms with Crippen molar-refractivity contribution in [2.24, 2.45) is 5.10 Å². The summed E-state index contributed by atoms with van der Waals surface area (Å²) in [6, 6.07) is 19.5. The number of aromatic nitrogens is 2. The van der Waals surface area contributed by atoms with Crippen molar-refractivity contribution in [3.05, 3.63) is 90.3 Å². The third kappa shape index (κ3) is 3.71. The molecule has 28 heavy (non-hydrogen) atoms. The molecule has 0 radical (unpaired) electrons. The van der Waals surface area contributed by atoms with E-state index in [1.54, 1.807) is 42.7 Å². The maximum Gasteiger partial charge on any atom is 0.272 e. The quantitative estimate of drug-likeness (QED) is 0.424. The van der Waals surface area contributed by atoms with E-state index < -0.39 is 0 Å². The fourth-order valence-corrected chi connectivity index (χ4v) is 2.86. The normalized spacial score (nSPS) is 11.0. The predicted octanol–water partition coefficient (Wildman–Crippen LogP) is 3.77. The number of nitrogens with zero attached hydrogens (tertiary/aromatic N) is 3. The number of pyridine rings is 2. The number of rotatable bonds is 4. The summed E-state index contributed by atoms with van der Waals surface area (Å²) in [5.74, 6) is -0.206. The summed E-state index contributed by atoms with van der Waals surface area (Å²) >= 11 is 0. The van der Waals surface area contributed by atoms with Crippen LogP contribution in [0.2, 0.25) is 0 Å². The molecule has 4 rings (SSSR count). The lowest BCUT2D eigenvalue weighted by Crippen LogP contribution is -2.18. The topological polar surface area (TPSA) is 87.5 Å². The molecule has 0 unspecified atom stereocenters. The van der Waals surface area contributed by atoms with E-state index in [4.69, 9.17) is 0 Å². The number of para-hydroxylation sites is 1. The van der Waals surface area contributed by atoms with Crippen molar-refractivity contribution in [3.8, 4) is 17.0 Å². The van der Waals surface area contributed by atoms with Gasteiger partial charge >= 0.3 is 0 Å². The van der Waals surface area contributed by atoms with Crippen LogP contribution < -0.4 is 5.43 Å². The first-order valence-electron chi connectivity index (χ1n) is 8.63. The summed E-state index contributed by atoms with van der Waals surface area (Å²) in [5.41, 5.74) is 5.98. The van der Waals surface area contributed by atoms with Gasteiger partial charge in [0.05, 0.1) is 23.0 Å². The van der Waals surface area contributed by atoms with Crippen molar-refractivity contribution < 1.29 is 9.90 Å². The smallest absolute Gasteiger partial charge is 0.272 e. The summed E-state index contributed by atoms with van der Waals surface area (Å²) in [4.78, 5) is 21.5. The zero-order valence-corrected chi connectivity index (χ0v) is 14.8. The molecule has 0 aliphatic rings. The molecule has 0 aliphatic heterocycles. The minimum Gasteiger partial charge on any atom is -0.508 e. The Morgan fingerprint density at radius 3 is 2.64 bits per heavy atom. The van der Waals surface area contributed by atoms with Gasteiger partial charge < -0.3 is 5.11 Å². The van der Waals surface area contributed by atoms with Crippen LogP contribution in [0.3, 0.4) is 0 Å². The Hall–Kier alpha value is -4.06. The maximum absolute atomic E-state index is 12.8. The maximum atomic E-state index is 12.8. The third-order valence-corrected chi connectivity index (χ3v) is 4.19. The minimum absolute atomic E-state index is 0.136. The van der Waals surface area contributed by atoms with Crippen molar-refractivity contribution in [3.63, 3.8) is 0 Å². The highest BCUT2D eigenvalue weighted by Crippen LogP contribution is 2.24. The molecule has 0 bridgehead atoms. The standard InChI is InChI=1S/C22H16N4O2/c27-17-5-3-4-15(12-17)14-24-26-22(28)19-13-21(16-8-10-23-11-9-16)25-20-7-2-1-6-18(19)20/h1-14,27H,(H,26,28)/b24-14-. The molecule has 136 valence electrons. The van der Waals surface area contributed by atoms with Crippen LogP contribution in [-0.2, 0) is 0 Å². The van der Waals surface area contributed by atoms with E-state index in [0.29, 0.717) is 16.8 Å². The zero-order chi connectivity index (χ0) is 19.3. The number of phenolic OH excluding ortho intramolecular Hbond substituents is 1. The van der Waals surface area contributed by atoms with E-state index in [2.05, 4.69) is 20.5 Å². The van der Waals surface area contributed by atoms with Crippen molar-refractivity contribution in [1.29, 1.82) is 0 Å². The molecule has 0 aliphatic carbocycles.